The second-order valence-electron chi connectivity index (χ2n) is 2.67. The van der Waals surface area contributed by atoms with Gasteiger partial charge in [-0.25, -0.2) is 18.4 Å². The number of nitrogens with zero attached hydrogens (tertiary/aromatic N) is 3. The molecule has 14 heavy (non-hydrogen) atoms. The molecule has 2 aromatic rings. The predicted molar refractivity (Wildman–Crippen MR) is 49.8 cm³/mol. The number of aromatic amines is 1. The molecule has 2 heterocycles. The Morgan fingerprint density at radius 2 is 2.14 bits per heavy atom. The first-order chi connectivity index (χ1) is 6.48. The highest BCUT2D eigenvalue weighted by Gasteiger charge is 2.15. The molecule has 0 saturated carbocycles. The van der Waals surface area contributed by atoms with E-state index in [1.54, 1.807) is 0 Å². The first kappa shape index (κ1) is 9.35. The molecule has 0 bridgehead atoms. The molecule has 0 radical (unpaired) electrons. The minimum Gasteiger partial charge on any atom is -0.341 e. The molecule has 2 aromatic heterocycles. The lowest BCUT2D eigenvalue weighted by Gasteiger charge is -1.97. The van der Waals surface area contributed by atoms with Crippen molar-refractivity contribution < 1.29 is 8.42 Å². The molecule has 0 unspecified atom stereocenters. The molecule has 0 aliphatic rings. The Morgan fingerprint density at radius 1 is 1.43 bits per heavy atom. The SMILES string of the molecule is CS(=O)(=O)c1nc(Cl)c2[nH]cnc2n1. The lowest BCUT2D eigenvalue weighted by atomic mass is 10.6. The maximum Gasteiger partial charge on any atom is 0.250 e. The molecule has 0 amide bonds. The van der Waals surface area contributed by atoms with Crippen LogP contribution in [0, 0.1) is 0 Å². The van der Waals surface area contributed by atoms with Crippen molar-refractivity contribution in [3.05, 3.63) is 11.5 Å². The highest BCUT2D eigenvalue weighted by molar-refractivity contribution is 7.90. The van der Waals surface area contributed by atoms with E-state index < -0.39 is 9.84 Å². The molecular weight excluding hydrogens is 228 g/mol. The molecule has 74 valence electrons. The summed E-state index contributed by atoms with van der Waals surface area (Å²) in [7, 11) is -3.46. The summed E-state index contributed by atoms with van der Waals surface area (Å²) in [4.78, 5) is 13.9. The summed E-state index contributed by atoms with van der Waals surface area (Å²) in [6.07, 6.45) is 2.38. The second-order valence-corrected chi connectivity index (χ2v) is 4.94. The normalized spacial score (nSPS) is 12.1. The van der Waals surface area contributed by atoms with Gasteiger partial charge >= 0.3 is 0 Å². The summed E-state index contributed by atoms with van der Waals surface area (Å²) in [5, 5.41) is -0.268. The molecule has 8 heteroatoms. The summed E-state index contributed by atoms with van der Waals surface area (Å²) in [5.41, 5.74) is 0.671. The highest BCUT2D eigenvalue weighted by atomic mass is 35.5. The quantitative estimate of drug-likeness (QED) is 0.568. The molecule has 0 saturated heterocycles. The van der Waals surface area contributed by atoms with Crippen LogP contribution in [0.2, 0.25) is 5.15 Å². The monoisotopic (exact) mass is 232 g/mol. The van der Waals surface area contributed by atoms with Gasteiger partial charge < -0.3 is 4.98 Å². The van der Waals surface area contributed by atoms with Crippen molar-refractivity contribution >= 4 is 32.6 Å². The third kappa shape index (κ3) is 1.44. The first-order valence-electron chi connectivity index (χ1n) is 3.55. The van der Waals surface area contributed by atoms with E-state index in [0.717, 1.165) is 6.26 Å². The zero-order valence-corrected chi connectivity index (χ0v) is 8.59. The summed E-state index contributed by atoms with van der Waals surface area (Å²) < 4.78 is 22.3. The summed E-state index contributed by atoms with van der Waals surface area (Å²) in [6, 6.07) is 0. The van der Waals surface area contributed by atoms with Crippen LogP contribution in [-0.4, -0.2) is 34.6 Å². The first-order valence-corrected chi connectivity index (χ1v) is 5.82. The maximum absolute atomic E-state index is 11.1. The van der Waals surface area contributed by atoms with Crippen molar-refractivity contribution in [3.63, 3.8) is 0 Å². The zero-order chi connectivity index (χ0) is 10.3. The number of nitrogens with one attached hydrogen (secondary N) is 1. The smallest absolute Gasteiger partial charge is 0.250 e. The Kier molecular flexibility index (Phi) is 1.93. The van der Waals surface area contributed by atoms with Gasteiger partial charge in [0.05, 0.1) is 6.33 Å². The average molecular weight is 233 g/mol. The Balaban J connectivity index is 2.83. The Labute approximate surface area is 84.3 Å². The third-order valence-electron chi connectivity index (χ3n) is 1.55. The van der Waals surface area contributed by atoms with Crippen molar-refractivity contribution in [1.82, 2.24) is 19.9 Å². The highest BCUT2D eigenvalue weighted by Crippen LogP contribution is 2.17. The van der Waals surface area contributed by atoms with E-state index in [-0.39, 0.29) is 16.0 Å². The number of fused-ring (bicyclic) bond motifs is 1. The second kappa shape index (κ2) is 2.89. The molecule has 2 rings (SSSR count). The van der Waals surface area contributed by atoms with Crippen LogP contribution in [0.3, 0.4) is 0 Å². The van der Waals surface area contributed by atoms with Crippen LogP contribution in [-0.2, 0) is 9.84 Å². The van der Waals surface area contributed by atoms with Crippen LogP contribution < -0.4 is 0 Å². The Bertz CT molecular complexity index is 591. The molecule has 0 spiro atoms. The van der Waals surface area contributed by atoms with Crippen LogP contribution >= 0.6 is 11.6 Å². The number of hydrogen-bond acceptors (Lipinski definition) is 5. The minimum absolute atomic E-state index is 0.0490. The molecular formula is C6H5ClN4O2S. The summed E-state index contributed by atoms with van der Waals surface area (Å²) >= 11 is 5.72. The van der Waals surface area contributed by atoms with Gasteiger partial charge in [0.1, 0.15) is 5.52 Å². The lowest BCUT2D eigenvalue weighted by molar-refractivity contribution is 0.593. The predicted octanol–water partition coefficient (Wildman–Crippen LogP) is 0.410. The fraction of sp³-hybridized carbons (Fsp3) is 0.167. The topological polar surface area (TPSA) is 88.6 Å². The van der Waals surface area contributed by atoms with Gasteiger partial charge in [-0.05, 0) is 0 Å². The van der Waals surface area contributed by atoms with E-state index in [0.29, 0.717) is 5.52 Å². The van der Waals surface area contributed by atoms with E-state index in [9.17, 15) is 8.42 Å². The van der Waals surface area contributed by atoms with Crippen molar-refractivity contribution in [1.29, 1.82) is 0 Å². The van der Waals surface area contributed by atoms with Gasteiger partial charge in [0.15, 0.2) is 10.8 Å². The van der Waals surface area contributed by atoms with Gasteiger partial charge in [-0.1, -0.05) is 11.6 Å². The number of H-pyrrole nitrogens is 1. The Hall–Kier alpha value is -1.21. The average Bonchev–Trinajstić information content (AvgIpc) is 2.50. The molecule has 0 fully saturated rings. The molecule has 6 nitrogen and oxygen atoms in total. The standard InChI is InChI=1S/C6H5ClN4O2S/c1-14(12,13)6-10-4(7)3-5(11-6)9-2-8-3/h2H,1H3,(H,8,9,10,11). The van der Waals surface area contributed by atoms with Gasteiger partial charge in [0, 0.05) is 6.26 Å². The van der Waals surface area contributed by atoms with Crippen LogP contribution in [0.4, 0.5) is 0 Å². The summed E-state index contributed by atoms with van der Waals surface area (Å²) in [5.74, 6) is 0. The van der Waals surface area contributed by atoms with Gasteiger partial charge in [0.25, 0.3) is 0 Å². The van der Waals surface area contributed by atoms with Crippen molar-refractivity contribution in [2.45, 2.75) is 5.16 Å². The van der Waals surface area contributed by atoms with E-state index >= 15 is 0 Å². The molecule has 1 N–H and O–H groups in total. The van der Waals surface area contributed by atoms with Crippen LogP contribution in [0.25, 0.3) is 11.2 Å². The van der Waals surface area contributed by atoms with E-state index in [4.69, 9.17) is 11.6 Å². The number of hydrogen-bond donors (Lipinski definition) is 1. The van der Waals surface area contributed by atoms with Crippen molar-refractivity contribution in [3.8, 4) is 0 Å². The number of sulfone groups is 1. The maximum atomic E-state index is 11.1. The zero-order valence-electron chi connectivity index (χ0n) is 7.02. The van der Waals surface area contributed by atoms with Gasteiger partial charge in [-0.3, -0.25) is 0 Å². The van der Waals surface area contributed by atoms with Crippen LogP contribution in [0.5, 0.6) is 0 Å². The Morgan fingerprint density at radius 3 is 2.79 bits per heavy atom. The van der Waals surface area contributed by atoms with Gasteiger partial charge in [-0.2, -0.15) is 4.98 Å². The largest absolute Gasteiger partial charge is 0.341 e. The lowest BCUT2D eigenvalue weighted by Crippen LogP contribution is -2.04. The number of aromatic nitrogens is 4. The summed E-state index contributed by atoms with van der Waals surface area (Å²) in [6.45, 7) is 0. The van der Waals surface area contributed by atoms with Crippen molar-refractivity contribution in [2.75, 3.05) is 6.26 Å². The number of rotatable bonds is 1. The van der Waals surface area contributed by atoms with Crippen LogP contribution in [0.1, 0.15) is 0 Å². The van der Waals surface area contributed by atoms with Crippen molar-refractivity contribution in [2.24, 2.45) is 0 Å². The van der Waals surface area contributed by atoms with Gasteiger partial charge in [0.2, 0.25) is 15.0 Å². The number of imidazole rings is 1. The van der Waals surface area contributed by atoms with E-state index in [1.807, 2.05) is 0 Å². The third-order valence-corrected chi connectivity index (χ3v) is 2.67. The van der Waals surface area contributed by atoms with E-state index in [1.165, 1.54) is 6.33 Å². The van der Waals surface area contributed by atoms with Gasteiger partial charge in [-0.15, -0.1) is 0 Å². The fourth-order valence-corrected chi connectivity index (χ4v) is 1.72. The molecule has 0 aliphatic carbocycles. The minimum atomic E-state index is -3.46. The number of halogens is 1. The fourth-order valence-electron chi connectivity index (χ4n) is 0.945. The molecule has 0 atom stereocenters. The molecule has 0 aromatic carbocycles. The van der Waals surface area contributed by atoms with Crippen LogP contribution in [0.15, 0.2) is 11.5 Å². The molecule has 0 aliphatic heterocycles. The van der Waals surface area contributed by atoms with E-state index in [2.05, 4.69) is 19.9 Å².